The van der Waals surface area contributed by atoms with E-state index in [1.165, 1.54) is 5.56 Å². The van der Waals surface area contributed by atoms with Gasteiger partial charge >= 0.3 is 0 Å². The number of benzene rings is 2. The number of aromatic nitrogens is 3. The Morgan fingerprint density at radius 3 is 2.57 bits per heavy atom. The molecule has 3 heterocycles. The van der Waals surface area contributed by atoms with Crippen molar-refractivity contribution >= 4 is 17.5 Å². The number of aryl methyl sites for hydroxylation is 2. The third-order valence-corrected chi connectivity index (χ3v) is 6.46. The molecule has 0 saturated carbocycles. The Labute approximate surface area is 204 Å². The van der Waals surface area contributed by atoms with Crippen LogP contribution in [0.3, 0.4) is 0 Å². The summed E-state index contributed by atoms with van der Waals surface area (Å²) in [5.41, 5.74) is 6.82. The van der Waals surface area contributed by atoms with E-state index in [2.05, 4.69) is 48.4 Å². The van der Waals surface area contributed by atoms with E-state index < -0.39 is 0 Å². The number of nitrogens with zero attached hydrogens (tertiary/aromatic N) is 3. The molecule has 5 rings (SSSR count). The van der Waals surface area contributed by atoms with Crippen molar-refractivity contribution in [2.45, 2.75) is 39.8 Å². The van der Waals surface area contributed by atoms with Crippen LogP contribution in [0.25, 0.3) is 0 Å². The van der Waals surface area contributed by atoms with Gasteiger partial charge in [0.05, 0.1) is 13.1 Å². The summed E-state index contributed by atoms with van der Waals surface area (Å²) in [5, 5.41) is 7.79. The van der Waals surface area contributed by atoms with E-state index in [1.54, 1.807) is 17.2 Å². The maximum Gasteiger partial charge on any atom is 0.276 e. The van der Waals surface area contributed by atoms with Gasteiger partial charge in [0, 0.05) is 35.6 Å². The molecule has 2 N–H and O–H groups in total. The van der Waals surface area contributed by atoms with Gasteiger partial charge in [0.2, 0.25) is 0 Å². The molecule has 0 fully saturated rings. The lowest BCUT2D eigenvalue weighted by molar-refractivity contribution is 0.0711. The molecule has 35 heavy (non-hydrogen) atoms. The van der Waals surface area contributed by atoms with Gasteiger partial charge < -0.3 is 15.2 Å². The first-order chi connectivity index (χ1) is 16.9. The molecule has 0 spiro atoms. The van der Waals surface area contributed by atoms with Crippen LogP contribution in [-0.4, -0.2) is 38.0 Å². The summed E-state index contributed by atoms with van der Waals surface area (Å²) in [6, 6.07) is 19.6. The lowest BCUT2D eigenvalue weighted by atomic mass is 9.95. The molecule has 1 atom stereocenters. The van der Waals surface area contributed by atoms with E-state index in [1.807, 2.05) is 41.9 Å². The minimum atomic E-state index is -0.268. The normalized spacial score (nSPS) is 15.1. The summed E-state index contributed by atoms with van der Waals surface area (Å²) in [5.74, 6) is -0.323. The quantitative estimate of drug-likeness (QED) is 0.438. The molecule has 0 unspecified atom stereocenters. The van der Waals surface area contributed by atoms with Crippen molar-refractivity contribution < 1.29 is 9.59 Å². The predicted octanol–water partition coefficient (Wildman–Crippen LogP) is 4.89. The highest BCUT2D eigenvalue weighted by Crippen LogP contribution is 2.32. The van der Waals surface area contributed by atoms with Gasteiger partial charge in [-0.05, 0) is 49.2 Å². The highest BCUT2D eigenvalue weighted by atomic mass is 16.2. The number of carbonyl (C=O) groups is 2. The third-order valence-electron chi connectivity index (χ3n) is 6.46. The molecular weight excluding hydrogens is 438 g/mol. The maximum atomic E-state index is 13.4. The van der Waals surface area contributed by atoms with Crippen molar-refractivity contribution in [3.05, 3.63) is 106 Å². The first-order valence-corrected chi connectivity index (χ1v) is 11.8. The summed E-state index contributed by atoms with van der Waals surface area (Å²) in [6.07, 6.45) is 1.74. The summed E-state index contributed by atoms with van der Waals surface area (Å²) < 4.78 is 1.94. The van der Waals surface area contributed by atoms with Crippen LogP contribution in [0, 0.1) is 13.8 Å². The Morgan fingerprint density at radius 1 is 1.06 bits per heavy atom. The Hall–Kier alpha value is -4.13. The van der Waals surface area contributed by atoms with Crippen LogP contribution in [0.15, 0.2) is 66.9 Å². The molecule has 7 nitrogen and oxygen atoms in total. The second-order valence-corrected chi connectivity index (χ2v) is 9.35. The van der Waals surface area contributed by atoms with Gasteiger partial charge in [-0.3, -0.25) is 14.3 Å². The standard InChI is InChI=1S/C28H29N5O2/c1-18-9-11-21(12-10-18)16-33-26-20(3)15-32(28(35)24-8-5-13-29-24)17-23(26)25(31-33)27(34)30-22-7-4-6-19(2)14-22/h4-14,20,29H,15-17H2,1-3H3,(H,30,34)/t20-/m1/s1. The van der Waals surface area contributed by atoms with Crippen LogP contribution in [0.4, 0.5) is 5.69 Å². The first kappa shape index (κ1) is 22.7. The summed E-state index contributed by atoms with van der Waals surface area (Å²) in [6.45, 7) is 7.59. The highest BCUT2D eigenvalue weighted by molar-refractivity contribution is 6.04. The van der Waals surface area contributed by atoms with E-state index in [-0.39, 0.29) is 17.7 Å². The lowest BCUT2D eigenvalue weighted by Crippen LogP contribution is -2.38. The van der Waals surface area contributed by atoms with Crippen LogP contribution >= 0.6 is 0 Å². The Balaban J connectivity index is 1.52. The molecule has 178 valence electrons. The van der Waals surface area contributed by atoms with Gasteiger partial charge in [-0.2, -0.15) is 5.10 Å². The van der Waals surface area contributed by atoms with Crippen LogP contribution in [0.5, 0.6) is 0 Å². The molecule has 2 amide bonds. The van der Waals surface area contributed by atoms with Gasteiger partial charge in [0.15, 0.2) is 5.69 Å². The Morgan fingerprint density at radius 2 is 1.86 bits per heavy atom. The molecule has 4 aromatic rings. The molecule has 0 bridgehead atoms. The van der Waals surface area contributed by atoms with Crippen LogP contribution in [0.1, 0.15) is 61.8 Å². The molecule has 1 aliphatic rings. The highest BCUT2D eigenvalue weighted by Gasteiger charge is 2.34. The number of nitrogens with one attached hydrogen (secondary N) is 2. The first-order valence-electron chi connectivity index (χ1n) is 11.8. The number of hydrogen-bond donors (Lipinski definition) is 2. The zero-order valence-electron chi connectivity index (χ0n) is 20.2. The molecule has 1 aliphatic heterocycles. The predicted molar refractivity (Wildman–Crippen MR) is 136 cm³/mol. The summed E-state index contributed by atoms with van der Waals surface area (Å²) in [4.78, 5) is 31.3. The molecule has 2 aromatic carbocycles. The SMILES string of the molecule is Cc1ccc(Cn2nc(C(=O)Nc3cccc(C)c3)c3c2[C@H](C)CN(C(=O)c2ccc[nH]2)C3)cc1. The maximum absolute atomic E-state index is 13.4. The lowest BCUT2D eigenvalue weighted by Gasteiger charge is -2.32. The molecule has 0 saturated heterocycles. The largest absolute Gasteiger partial charge is 0.357 e. The van der Waals surface area contributed by atoms with Crippen molar-refractivity contribution in [2.24, 2.45) is 0 Å². The van der Waals surface area contributed by atoms with Crippen LogP contribution < -0.4 is 5.32 Å². The summed E-state index contributed by atoms with van der Waals surface area (Å²) in [7, 11) is 0. The van der Waals surface area contributed by atoms with Crippen molar-refractivity contribution in [3.63, 3.8) is 0 Å². The number of aromatic amines is 1. The van der Waals surface area contributed by atoms with E-state index in [9.17, 15) is 9.59 Å². The topological polar surface area (TPSA) is 83.0 Å². The number of amides is 2. The number of carbonyl (C=O) groups excluding carboxylic acids is 2. The van der Waals surface area contributed by atoms with E-state index in [0.29, 0.717) is 31.0 Å². The number of rotatable bonds is 5. The van der Waals surface area contributed by atoms with Gasteiger partial charge in [-0.15, -0.1) is 0 Å². The average Bonchev–Trinajstić information content (AvgIpc) is 3.49. The van der Waals surface area contributed by atoms with Crippen LogP contribution in [-0.2, 0) is 13.1 Å². The molecular formula is C28H29N5O2. The molecule has 0 aliphatic carbocycles. The number of H-pyrrole nitrogens is 1. The summed E-state index contributed by atoms with van der Waals surface area (Å²) >= 11 is 0. The fraction of sp³-hybridized carbons (Fsp3) is 0.250. The van der Waals surface area contributed by atoms with E-state index in [0.717, 1.165) is 28.1 Å². The van der Waals surface area contributed by atoms with E-state index >= 15 is 0 Å². The van der Waals surface area contributed by atoms with Gasteiger partial charge in [-0.1, -0.05) is 48.9 Å². The van der Waals surface area contributed by atoms with Gasteiger partial charge in [-0.25, -0.2) is 0 Å². The Bertz CT molecular complexity index is 1370. The fourth-order valence-corrected chi connectivity index (χ4v) is 4.76. The number of anilines is 1. The van der Waals surface area contributed by atoms with Crippen molar-refractivity contribution in [3.8, 4) is 0 Å². The van der Waals surface area contributed by atoms with Crippen molar-refractivity contribution in [2.75, 3.05) is 11.9 Å². The zero-order valence-corrected chi connectivity index (χ0v) is 20.2. The van der Waals surface area contributed by atoms with Crippen LogP contribution in [0.2, 0.25) is 0 Å². The van der Waals surface area contributed by atoms with E-state index in [4.69, 9.17) is 5.10 Å². The third kappa shape index (κ3) is 4.62. The van der Waals surface area contributed by atoms with Crippen molar-refractivity contribution in [1.29, 1.82) is 0 Å². The Kier molecular flexibility index (Phi) is 5.99. The minimum Gasteiger partial charge on any atom is -0.357 e. The number of hydrogen-bond acceptors (Lipinski definition) is 3. The molecule has 0 radical (unpaired) electrons. The monoisotopic (exact) mass is 467 g/mol. The van der Waals surface area contributed by atoms with Gasteiger partial charge in [0.25, 0.3) is 11.8 Å². The zero-order chi connectivity index (χ0) is 24.5. The van der Waals surface area contributed by atoms with Crippen molar-refractivity contribution in [1.82, 2.24) is 19.7 Å². The fourth-order valence-electron chi connectivity index (χ4n) is 4.76. The molecule has 7 heteroatoms. The second-order valence-electron chi connectivity index (χ2n) is 9.35. The second kappa shape index (κ2) is 9.25. The minimum absolute atomic E-state index is 0.0242. The van der Waals surface area contributed by atoms with Gasteiger partial charge in [0.1, 0.15) is 5.69 Å². The molecule has 2 aromatic heterocycles. The number of fused-ring (bicyclic) bond motifs is 1. The smallest absolute Gasteiger partial charge is 0.276 e. The average molecular weight is 468 g/mol.